The van der Waals surface area contributed by atoms with Crippen molar-refractivity contribution in [2.75, 3.05) is 11.9 Å². The monoisotopic (exact) mass is 291 g/mol. The zero-order chi connectivity index (χ0) is 10.9. The Morgan fingerprint density at radius 3 is 2.87 bits per heavy atom. The van der Waals surface area contributed by atoms with Gasteiger partial charge < -0.3 is 5.32 Å². The molecule has 1 rings (SSSR count). The predicted octanol–water partition coefficient (Wildman–Crippen LogP) is 2.22. The molecule has 0 aliphatic rings. The van der Waals surface area contributed by atoms with Crippen LogP contribution in [0, 0.1) is 0 Å². The second kappa shape index (κ2) is 7.76. The fourth-order valence-electron chi connectivity index (χ4n) is 1.13. The van der Waals surface area contributed by atoms with Crippen molar-refractivity contribution in [1.82, 2.24) is 14.9 Å². The summed E-state index contributed by atoms with van der Waals surface area (Å²) in [5.41, 5.74) is 0.417. The molecule has 84 valence electrons. The second-order valence-electron chi connectivity index (χ2n) is 3.15. The number of halogens is 1. The molecule has 0 fully saturated rings. The van der Waals surface area contributed by atoms with Crippen LogP contribution in [0.15, 0.2) is 5.38 Å². The van der Waals surface area contributed by atoms with E-state index >= 15 is 0 Å². The van der Waals surface area contributed by atoms with Crippen LogP contribution in [0.3, 0.4) is 0 Å². The predicted molar refractivity (Wildman–Crippen MR) is 64.5 cm³/mol. The van der Waals surface area contributed by atoms with Gasteiger partial charge in [0.05, 0.1) is 0 Å². The van der Waals surface area contributed by atoms with Crippen LogP contribution in [0.4, 0.5) is 0 Å². The van der Waals surface area contributed by atoms with Crippen molar-refractivity contribution in [1.29, 1.82) is 0 Å². The molecule has 0 bridgehead atoms. The largest absolute Gasteiger partial charge is 0.351 e. The molecule has 0 atom stereocenters. The molecule has 1 aromatic heterocycles. The van der Waals surface area contributed by atoms with E-state index in [9.17, 15) is 4.79 Å². The number of hydrogen-bond donors (Lipinski definition) is 1. The Kier molecular flexibility index (Phi) is 6.50. The van der Waals surface area contributed by atoms with Crippen LogP contribution in [0.1, 0.15) is 36.2 Å². The van der Waals surface area contributed by atoms with Crippen LogP contribution >= 0.6 is 27.5 Å². The first-order valence-electron chi connectivity index (χ1n) is 4.96. The van der Waals surface area contributed by atoms with Crippen molar-refractivity contribution in [3.63, 3.8) is 0 Å². The van der Waals surface area contributed by atoms with Crippen molar-refractivity contribution in [3.05, 3.63) is 11.1 Å². The molecule has 1 heterocycles. The Hall–Kier alpha value is -0.490. The Labute approximate surface area is 102 Å². The standard InChI is InChI=1S/C9H14BrN3OS/c10-5-3-1-2-4-6-11-9(14)8-7-15-13-12-8/h7H,1-6H2,(H,11,14). The zero-order valence-electron chi connectivity index (χ0n) is 8.41. The summed E-state index contributed by atoms with van der Waals surface area (Å²) in [4.78, 5) is 11.4. The SMILES string of the molecule is O=C(NCCCCCCBr)c1csnn1. The van der Waals surface area contributed by atoms with Gasteiger partial charge in [-0.25, -0.2) is 0 Å². The topological polar surface area (TPSA) is 54.9 Å². The van der Waals surface area contributed by atoms with Crippen molar-refractivity contribution in [2.45, 2.75) is 25.7 Å². The molecule has 15 heavy (non-hydrogen) atoms. The van der Waals surface area contributed by atoms with Crippen molar-refractivity contribution in [2.24, 2.45) is 0 Å². The Morgan fingerprint density at radius 1 is 1.40 bits per heavy atom. The second-order valence-corrected chi connectivity index (χ2v) is 4.55. The molecular weight excluding hydrogens is 278 g/mol. The van der Waals surface area contributed by atoms with Gasteiger partial charge in [-0.1, -0.05) is 33.3 Å². The summed E-state index contributed by atoms with van der Waals surface area (Å²) in [6.07, 6.45) is 4.58. The van der Waals surface area contributed by atoms with Gasteiger partial charge in [0.2, 0.25) is 0 Å². The van der Waals surface area contributed by atoms with E-state index in [4.69, 9.17) is 0 Å². The number of unbranched alkanes of at least 4 members (excludes halogenated alkanes) is 3. The summed E-state index contributed by atoms with van der Waals surface area (Å²) in [7, 11) is 0. The highest BCUT2D eigenvalue weighted by Crippen LogP contribution is 2.01. The van der Waals surface area contributed by atoms with Crippen molar-refractivity contribution < 1.29 is 4.79 Å². The summed E-state index contributed by atoms with van der Waals surface area (Å²) >= 11 is 4.58. The van der Waals surface area contributed by atoms with E-state index in [2.05, 4.69) is 30.8 Å². The highest BCUT2D eigenvalue weighted by molar-refractivity contribution is 9.09. The molecule has 0 spiro atoms. The number of carbonyl (C=O) groups is 1. The van der Waals surface area contributed by atoms with Gasteiger partial charge in [-0.3, -0.25) is 4.79 Å². The van der Waals surface area contributed by atoms with E-state index in [0.29, 0.717) is 5.69 Å². The number of nitrogens with zero attached hydrogens (tertiary/aromatic N) is 2. The minimum absolute atomic E-state index is 0.121. The lowest BCUT2D eigenvalue weighted by Gasteiger charge is -2.02. The smallest absolute Gasteiger partial charge is 0.272 e. The van der Waals surface area contributed by atoms with Crippen LogP contribution in [0.5, 0.6) is 0 Å². The lowest BCUT2D eigenvalue weighted by Crippen LogP contribution is -2.24. The number of nitrogens with one attached hydrogen (secondary N) is 1. The molecule has 0 aliphatic carbocycles. The maximum absolute atomic E-state index is 11.4. The molecule has 0 aromatic carbocycles. The molecule has 0 saturated heterocycles. The number of amides is 1. The molecule has 1 amide bonds. The molecule has 1 N–H and O–H groups in total. The van der Waals surface area contributed by atoms with Gasteiger partial charge >= 0.3 is 0 Å². The van der Waals surface area contributed by atoms with Crippen LogP contribution in [-0.2, 0) is 0 Å². The molecule has 1 aromatic rings. The summed E-state index contributed by atoms with van der Waals surface area (Å²) in [5, 5.41) is 9.22. The van der Waals surface area contributed by atoms with Crippen LogP contribution in [0.2, 0.25) is 0 Å². The number of alkyl halides is 1. The van der Waals surface area contributed by atoms with Crippen LogP contribution < -0.4 is 5.32 Å². The van der Waals surface area contributed by atoms with Crippen molar-refractivity contribution >= 4 is 33.4 Å². The first kappa shape index (κ1) is 12.6. The molecule has 0 radical (unpaired) electrons. The van der Waals surface area contributed by atoms with Crippen molar-refractivity contribution in [3.8, 4) is 0 Å². The Morgan fingerprint density at radius 2 is 2.20 bits per heavy atom. The van der Waals surface area contributed by atoms with Gasteiger partial charge in [0.25, 0.3) is 5.91 Å². The minimum atomic E-state index is -0.121. The summed E-state index contributed by atoms with van der Waals surface area (Å²) in [5.74, 6) is -0.121. The first-order chi connectivity index (χ1) is 7.34. The Balaban J connectivity index is 2.03. The van der Waals surface area contributed by atoms with Gasteiger partial charge in [0, 0.05) is 17.3 Å². The minimum Gasteiger partial charge on any atom is -0.351 e. The third-order valence-corrected chi connectivity index (χ3v) is 3.00. The maximum atomic E-state index is 11.4. The average Bonchev–Trinajstić information content (AvgIpc) is 2.76. The number of hydrogen-bond acceptors (Lipinski definition) is 4. The highest BCUT2D eigenvalue weighted by atomic mass is 79.9. The molecule has 6 heteroatoms. The Bertz CT molecular complexity index is 279. The average molecular weight is 292 g/mol. The van der Waals surface area contributed by atoms with E-state index in [1.807, 2.05) is 0 Å². The van der Waals surface area contributed by atoms with Gasteiger partial charge in [-0.15, -0.1) is 5.10 Å². The molecule has 4 nitrogen and oxygen atoms in total. The maximum Gasteiger partial charge on any atom is 0.272 e. The van der Waals surface area contributed by atoms with Gasteiger partial charge in [0.1, 0.15) is 0 Å². The van der Waals surface area contributed by atoms with E-state index in [1.165, 1.54) is 24.4 Å². The summed E-state index contributed by atoms with van der Waals surface area (Å²) < 4.78 is 3.64. The molecular formula is C9H14BrN3OS. The summed E-state index contributed by atoms with van der Waals surface area (Å²) in [6, 6.07) is 0. The van der Waals surface area contributed by atoms with Crippen LogP contribution in [0.25, 0.3) is 0 Å². The van der Waals surface area contributed by atoms with Gasteiger partial charge in [-0.05, 0) is 24.4 Å². The first-order valence-corrected chi connectivity index (χ1v) is 6.91. The fourth-order valence-corrected chi connectivity index (χ4v) is 1.96. The van der Waals surface area contributed by atoms with E-state index < -0.39 is 0 Å². The lowest BCUT2D eigenvalue weighted by atomic mass is 10.2. The summed E-state index contributed by atoms with van der Waals surface area (Å²) in [6.45, 7) is 0.721. The number of rotatable bonds is 7. The van der Waals surface area contributed by atoms with Gasteiger partial charge in [-0.2, -0.15) is 0 Å². The normalized spacial score (nSPS) is 10.2. The molecule has 0 aliphatic heterocycles. The van der Waals surface area contributed by atoms with Crippen LogP contribution in [-0.4, -0.2) is 27.4 Å². The number of carbonyl (C=O) groups excluding carboxylic acids is 1. The van der Waals surface area contributed by atoms with E-state index in [1.54, 1.807) is 5.38 Å². The zero-order valence-corrected chi connectivity index (χ0v) is 10.8. The third-order valence-electron chi connectivity index (χ3n) is 1.94. The third kappa shape index (κ3) is 5.22. The number of aromatic nitrogens is 2. The van der Waals surface area contributed by atoms with E-state index in [-0.39, 0.29) is 5.91 Å². The quantitative estimate of drug-likeness (QED) is 0.619. The van der Waals surface area contributed by atoms with E-state index in [0.717, 1.165) is 24.7 Å². The molecule has 0 saturated carbocycles. The van der Waals surface area contributed by atoms with Gasteiger partial charge in [0.15, 0.2) is 5.69 Å². The lowest BCUT2D eigenvalue weighted by molar-refractivity contribution is 0.0948. The fraction of sp³-hybridized carbons (Fsp3) is 0.667. The molecule has 0 unspecified atom stereocenters. The highest BCUT2D eigenvalue weighted by Gasteiger charge is 2.06.